The first-order valence-corrected chi connectivity index (χ1v) is 12.4. The summed E-state index contributed by atoms with van der Waals surface area (Å²) < 4.78 is 40.5. The highest BCUT2D eigenvalue weighted by molar-refractivity contribution is 4.91. The Hall–Kier alpha value is -0.740. The van der Waals surface area contributed by atoms with E-state index in [1.54, 1.807) is 0 Å². The molecule has 3 aliphatic carbocycles. The standard InChI is InChI=1S/C26H42F2O2/c1-3-5-6-17-29-23-15-16-24(26(28)25(23)27)30-18-20-9-13-22(14-10-20)21-11-7-19(4-2)8-12-21/h3-4,19-26H,1-2,5-18H2. The van der Waals surface area contributed by atoms with Crippen molar-refractivity contribution in [1.29, 1.82) is 0 Å². The second-order valence-electron chi connectivity index (χ2n) is 9.87. The number of allylic oxidation sites excluding steroid dienone is 2. The number of alkyl halides is 2. The Bertz CT molecular complexity index is 509. The fourth-order valence-corrected chi connectivity index (χ4v) is 5.81. The molecule has 0 aromatic carbocycles. The summed E-state index contributed by atoms with van der Waals surface area (Å²) >= 11 is 0. The van der Waals surface area contributed by atoms with Crippen LogP contribution in [-0.4, -0.2) is 37.8 Å². The summed E-state index contributed by atoms with van der Waals surface area (Å²) in [6.07, 6.45) is 12.5. The zero-order chi connectivity index (χ0) is 21.3. The summed E-state index contributed by atoms with van der Waals surface area (Å²) in [5.74, 6) is 2.97. The van der Waals surface area contributed by atoms with E-state index in [0.717, 1.165) is 30.6 Å². The van der Waals surface area contributed by atoms with Gasteiger partial charge in [0.2, 0.25) is 0 Å². The average molecular weight is 425 g/mol. The third-order valence-corrected chi connectivity index (χ3v) is 7.89. The Balaban J connectivity index is 1.33. The molecule has 172 valence electrons. The molecular weight excluding hydrogens is 382 g/mol. The van der Waals surface area contributed by atoms with E-state index in [4.69, 9.17) is 9.47 Å². The monoisotopic (exact) mass is 424 g/mol. The van der Waals surface area contributed by atoms with Crippen LogP contribution < -0.4 is 0 Å². The predicted molar refractivity (Wildman–Crippen MR) is 119 cm³/mol. The lowest BCUT2D eigenvalue weighted by atomic mass is 9.69. The van der Waals surface area contributed by atoms with Gasteiger partial charge in [-0.25, -0.2) is 8.78 Å². The van der Waals surface area contributed by atoms with Crippen molar-refractivity contribution in [3.63, 3.8) is 0 Å². The molecule has 0 aromatic rings. The molecule has 4 heteroatoms. The molecule has 3 saturated carbocycles. The van der Waals surface area contributed by atoms with Crippen molar-refractivity contribution >= 4 is 0 Å². The summed E-state index contributed by atoms with van der Waals surface area (Å²) in [5, 5.41) is 0. The maximum absolute atomic E-state index is 14.6. The largest absolute Gasteiger partial charge is 0.375 e. The number of hydrogen-bond donors (Lipinski definition) is 0. The van der Waals surface area contributed by atoms with E-state index in [9.17, 15) is 8.78 Å². The fraction of sp³-hybridized carbons (Fsp3) is 0.846. The van der Waals surface area contributed by atoms with E-state index < -0.39 is 24.6 Å². The van der Waals surface area contributed by atoms with E-state index in [0.29, 0.717) is 32.0 Å². The van der Waals surface area contributed by atoms with Gasteiger partial charge in [-0.05, 0) is 101 Å². The van der Waals surface area contributed by atoms with Gasteiger partial charge in [-0.3, -0.25) is 0 Å². The number of rotatable bonds is 10. The van der Waals surface area contributed by atoms with Gasteiger partial charge in [0.05, 0.1) is 12.2 Å². The minimum Gasteiger partial charge on any atom is -0.375 e. The SMILES string of the molecule is C=CCCCOC1CCC(OCC2CCC(C3CCC(C=C)CC3)CC2)C(F)C1F. The summed E-state index contributed by atoms with van der Waals surface area (Å²) in [6.45, 7) is 8.66. The summed E-state index contributed by atoms with van der Waals surface area (Å²) in [7, 11) is 0. The van der Waals surface area contributed by atoms with Crippen LogP contribution in [-0.2, 0) is 9.47 Å². The molecule has 0 amide bonds. The second kappa shape index (κ2) is 12.3. The number of unbranched alkanes of at least 4 members (excludes halogenated alkanes) is 1. The van der Waals surface area contributed by atoms with Crippen LogP contribution in [0.5, 0.6) is 0 Å². The van der Waals surface area contributed by atoms with Crippen LogP contribution in [0.4, 0.5) is 8.78 Å². The molecule has 0 N–H and O–H groups in total. The lowest BCUT2D eigenvalue weighted by Crippen LogP contribution is -2.47. The Morgan fingerprint density at radius 1 is 0.733 bits per heavy atom. The van der Waals surface area contributed by atoms with Gasteiger partial charge in [-0.2, -0.15) is 0 Å². The maximum atomic E-state index is 14.6. The molecule has 0 aliphatic heterocycles. The molecular formula is C26H42F2O2. The molecule has 0 saturated heterocycles. The van der Waals surface area contributed by atoms with Crippen LogP contribution in [0.25, 0.3) is 0 Å². The molecule has 0 radical (unpaired) electrons. The molecule has 2 nitrogen and oxygen atoms in total. The quantitative estimate of drug-likeness (QED) is 0.278. The van der Waals surface area contributed by atoms with Gasteiger partial charge < -0.3 is 9.47 Å². The summed E-state index contributed by atoms with van der Waals surface area (Å²) in [5.41, 5.74) is 0. The van der Waals surface area contributed by atoms with E-state index in [2.05, 4.69) is 19.2 Å². The molecule has 30 heavy (non-hydrogen) atoms. The van der Waals surface area contributed by atoms with Crippen molar-refractivity contribution in [3.05, 3.63) is 25.3 Å². The molecule has 3 rings (SSSR count). The lowest BCUT2D eigenvalue weighted by molar-refractivity contribution is -0.124. The van der Waals surface area contributed by atoms with E-state index in [-0.39, 0.29) is 0 Å². The zero-order valence-electron chi connectivity index (χ0n) is 18.7. The Morgan fingerprint density at radius 2 is 1.30 bits per heavy atom. The van der Waals surface area contributed by atoms with Crippen LogP contribution in [0.2, 0.25) is 0 Å². The van der Waals surface area contributed by atoms with Crippen LogP contribution in [0.3, 0.4) is 0 Å². The van der Waals surface area contributed by atoms with Crippen molar-refractivity contribution in [1.82, 2.24) is 0 Å². The highest BCUT2D eigenvalue weighted by atomic mass is 19.2. The van der Waals surface area contributed by atoms with Crippen molar-refractivity contribution in [2.24, 2.45) is 23.7 Å². The van der Waals surface area contributed by atoms with Gasteiger partial charge in [0, 0.05) is 13.2 Å². The normalized spacial score (nSPS) is 40.1. The predicted octanol–water partition coefficient (Wildman–Crippen LogP) is 6.99. The molecule has 0 heterocycles. The van der Waals surface area contributed by atoms with E-state index >= 15 is 0 Å². The molecule has 0 bridgehead atoms. The van der Waals surface area contributed by atoms with Crippen LogP contribution >= 0.6 is 0 Å². The molecule has 0 aromatic heterocycles. The molecule has 0 spiro atoms. The second-order valence-corrected chi connectivity index (χ2v) is 9.87. The van der Waals surface area contributed by atoms with Crippen LogP contribution in [0.1, 0.15) is 77.0 Å². The molecule has 4 unspecified atom stereocenters. The highest BCUT2D eigenvalue weighted by Crippen LogP contribution is 2.42. The van der Waals surface area contributed by atoms with E-state index in [1.165, 1.54) is 51.4 Å². The van der Waals surface area contributed by atoms with Gasteiger partial charge >= 0.3 is 0 Å². The van der Waals surface area contributed by atoms with Crippen LogP contribution in [0, 0.1) is 23.7 Å². The first kappa shape index (κ1) is 23.9. The number of hydrogen-bond acceptors (Lipinski definition) is 2. The average Bonchev–Trinajstić information content (AvgIpc) is 2.79. The summed E-state index contributed by atoms with van der Waals surface area (Å²) in [4.78, 5) is 0. The Morgan fingerprint density at radius 3 is 1.87 bits per heavy atom. The van der Waals surface area contributed by atoms with E-state index in [1.807, 2.05) is 6.08 Å². The number of halogens is 2. The van der Waals surface area contributed by atoms with Gasteiger partial charge in [-0.15, -0.1) is 13.2 Å². The molecule has 4 atom stereocenters. The minimum atomic E-state index is -1.58. The van der Waals surface area contributed by atoms with Gasteiger partial charge in [0.15, 0.2) is 12.3 Å². The zero-order valence-corrected chi connectivity index (χ0v) is 18.7. The fourth-order valence-electron chi connectivity index (χ4n) is 5.81. The number of ether oxygens (including phenoxy) is 2. The molecule has 3 fully saturated rings. The summed E-state index contributed by atoms with van der Waals surface area (Å²) in [6, 6.07) is 0. The molecule has 3 aliphatic rings. The topological polar surface area (TPSA) is 18.5 Å². The first-order chi connectivity index (χ1) is 14.6. The first-order valence-electron chi connectivity index (χ1n) is 12.4. The van der Waals surface area contributed by atoms with Crippen molar-refractivity contribution in [3.8, 4) is 0 Å². The smallest absolute Gasteiger partial charge is 0.160 e. The van der Waals surface area contributed by atoms with Crippen molar-refractivity contribution in [2.75, 3.05) is 13.2 Å². The van der Waals surface area contributed by atoms with Crippen molar-refractivity contribution < 1.29 is 18.3 Å². The lowest BCUT2D eigenvalue weighted by Gasteiger charge is -2.38. The Kier molecular flexibility index (Phi) is 9.83. The van der Waals surface area contributed by atoms with Gasteiger partial charge in [0.25, 0.3) is 0 Å². The third-order valence-electron chi connectivity index (χ3n) is 7.89. The minimum absolute atomic E-state index is 0.466. The van der Waals surface area contributed by atoms with Gasteiger partial charge in [0.1, 0.15) is 0 Å². The van der Waals surface area contributed by atoms with Crippen LogP contribution in [0.15, 0.2) is 25.3 Å². The highest BCUT2D eigenvalue weighted by Gasteiger charge is 2.42. The van der Waals surface area contributed by atoms with Gasteiger partial charge in [-0.1, -0.05) is 12.2 Å². The third kappa shape index (κ3) is 6.63. The van der Waals surface area contributed by atoms with Crippen molar-refractivity contribution in [2.45, 2.75) is 102 Å². The maximum Gasteiger partial charge on any atom is 0.160 e. The Labute approximate surface area is 182 Å².